The molecule has 18 heteroatoms. The number of benzene rings is 2. The van der Waals surface area contributed by atoms with Crippen molar-refractivity contribution in [3.63, 3.8) is 0 Å². The SMILES string of the molecule is Cc1ccnc(NC(=O)c2ccc(-c3nc([C@@H]4CC[C@@H]5CCC(=O)N5C4)n4ccnc(N)c34)cc2)c1.Cc1ccnc(NC(=O)c2ccc(-c3nc([C@H]4CC[C@H]5CCC(=O)N5C4)n4ccnc(N)c34)cc2)c1. The van der Waals surface area contributed by atoms with Crippen LogP contribution in [0.5, 0.6) is 0 Å². The van der Waals surface area contributed by atoms with Gasteiger partial charge in [0.2, 0.25) is 11.8 Å². The molecule has 4 saturated heterocycles. The lowest BCUT2D eigenvalue weighted by Crippen LogP contribution is -2.41. The summed E-state index contributed by atoms with van der Waals surface area (Å²) in [5, 5.41) is 5.67. The maximum Gasteiger partial charge on any atom is 0.256 e. The predicted octanol–water partition coefficient (Wildman–Crippen LogP) is 7.61. The smallest absolute Gasteiger partial charge is 0.256 e. The van der Waals surface area contributed by atoms with E-state index in [9.17, 15) is 19.2 Å². The highest BCUT2D eigenvalue weighted by atomic mass is 16.2. The van der Waals surface area contributed by atoms with Crippen LogP contribution in [0.25, 0.3) is 33.5 Å². The van der Waals surface area contributed by atoms with E-state index in [1.165, 1.54) is 0 Å². The summed E-state index contributed by atoms with van der Waals surface area (Å²) in [5.41, 5.74) is 20.3. The number of carbonyl (C=O) groups is 4. The summed E-state index contributed by atoms with van der Waals surface area (Å²) in [6.07, 6.45) is 17.6. The van der Waals surface area contributed by atoms with Crippen molar-refractivity contribution in [2.75, 3.05) is 35.2 Å². The van der Waals surface area contributed by atoms with Gasteiger partial charge in [-0.25, -0.2) is 29.9 Å². The Morgan fingerprint density at radius 2 is 0.958 bits per heavy atom. The molecule has 18 nitrogen and oxygen atoms in total. The second-order valence-corrected chi connectivity index (χ2v) is 19.2. The second kappa shape index (κ2) is 19.0. The van der Waals surface area contributed by atoms with Crippen LogP contribution in [0.2, 0.25) is 0 Å². The molecule has 10 heterocycles. The Balaban J connectivity index is 0.000000156. The van der Waals surface area contributed by atoms with Crippen molar-refractivity contribution >= 4 is 57.9 Å². The zero-order chi connectivity index (χ0) is 49.6. The van der Waals surface area contributed by atoms with Crippen molar-refractivity contribution in [2.24, 2.45) is 0 Å². The lowest BCUT2D eigenvalue weighted by molar-refractivity contribution is -0.131. The number of fused-ring (bicyclic) bond motifs is 4. The first kappa shape index (κ1) is 45.9. The molecule has 4 aliphatic heterocycles. The fourth-order valence-electron chi connectivity index (χ4n) is 10.9. The van der Waals surface area contributed by atoms with Crippen LogP contribution in [0.4, 0.5) is 23.3 Å². The van der Waals surface area contributed by atoms with Crippen molar-refractivity contribution in [3.05, 3.63) is 144 Å². The molecular weight excluding hydrogens is 909 g/mol. The van der Waals surface area contributed by atoms with Gasteiger partial charge in [0.05, 0.1) is 0 Å². The average Bonchev–Trinajstić information content (AvgIpc) is 4.18. The molecule has 0 unspecified atom stereocenters. The Morgan fingerprint density at radius 3 is 1.36 bits per heavy atom. The van der Waals surface area contributed by atoms with E-state index >= 15 is 0 Å². The number of nitrogen functional groups attached to an aromatic ring is 2. The molecule has 12 rings (SSSR count). The molecule has 0 aliphatic carbocycles. The Bertz CT molecular complexity index is 3180. The highest BCUT2D eigenvalue weighted by molar-refractivity contribution is 6.05. The third-order valence-electron chi connectivity index (χ3n) is 14.5. The Hall–Kier alpha value is -8.54. The normalized spacial score (nSPS) is 19.5. The third kappa shape index (κ3) is 8.84. The van der Waals surface area contributed by atoms with Crippen LogP contribution >= 0.6 is 0 Å². The third-order valence-corrected chi connectivity index (χ3v) is 14.5. The summed E-state index contributed by atoms with van der Waals surface area (Å²) < 4.78 is 4.01. The van der Waals surface area contributed by atoms with Crippen molar-refractivity contribution in [2.45, 2.75) is 89.1 Å². The first-order valence-corrected chi connectivity index (χ1v) is 24.5. The number of aromatic nitrogens is 8. The number of carbonyl (C=O) groups excluding carboxylic acids is 4. The number of nitrogens with one attached hydrogen (secondary N) is 2. The molecule has 4 fully saturated rings. The number of nitrogens with two attached hydrogens (primary N) is 2. The minimum Gasteiger partial charge on any atom is -0.382 e. The number of hydrogen-bond donors (Lipinski definition) is 4. The topological polar surface area (TPSA) is 237 Å². The molecule has 4 aliphatic rings. The molecule has 0 spiro atoms. The number of rotatable bonds is 8. The summed E-state index contributed by atoms with van der Waals surface area (Å²) in [6, 6.07) is 22.7. The number of pyridine rings is 2. The molecule has 2 aromatic carbocycles. The van der Waals surface area contributed by atoms with Gasteiger partial charge in [0.25, 0.3) is 11.8 Å². The van der Waals surface area contributed by atoms with Gasteiger partial charge in [-0.1, -0.05) is 24.3 Å². The standard InChI is InChI=1S/2C27H27N7O2/c2*1-16-10-11-29-21(14-16)31-27(36)18-4-2-17(3-5-18)23-24-25(28)30-12-13-33(24)26(32-23)19-6-7-20-8-9-22(35)34(20)15-19/h2*2-5,10-14,19-20H,6-9,15H2,1H3,(H2,28,30)(H,29,31,36)/t2*19-,20-/m10/s1. The molecule has 6 aromatic heterocycles. The van der Waals surface area contributed by atoms with Gasteiger partial charge in [0.1, 0.15) is 57.3 Å². The number of anilines is 4. The summed E-state index contributed by atoms with van der Waals surface area (Å²) >= 11 is 0. The van der Waals surface area contributed by atoms with Crippen LogP contribution in [0, 0.1) is 13.8 Å². The molecule has 4 atom stereocenters. The highest BCUT2D eigenvalue weighted by Crippen LogP contribution is 2.40. The monoisotopic (exact) mass is 962 g/mol. The minimum atomic E-state index is -0.233. The number of piperidine rings is 2. The van der Waals surface area contributed by atoms with Gasteiger partial charge in [-0.2, -0.15) is 0 Å². The fraction of sp³-hybridized carbons (Fsp3) is 0.296. The molecule has 364 valence electrons. The first-order valence-electron chi connectivity index (χ1n) is 24.5. The second-order valence-electron chi connectivity index (χ2n) is 19.2. The van der Waals surface area contributed by atoms with Crippen molar-refractivity contribution in [1.29, 1.82) is 0 Å². The lowest BCUT2D eigenvalue weighted by atomic mass is 9.92. The minimum absolute atomic E-state index is 0.123. The zero-order valence-corrected chi connectivity index (χ0v) is 40.0. The molecule has 72 heavy (non-hydrogen) atoms. The van der Waals surface area contributed by atoms with Crippen molar-refractivity contribution in [3.8, 4) is 22.5 Å². The molecular formula is C54H54N14O4. The van der Waals surface area contributed by atoms with Gasteiger partial charge >= 0.3 is 0 Å². The Morgan fingerprint density at radius 1 is 0.542 bits per heavy atom. The number of hydrogen-bond acceptors (Lipinski definition) is 12. The van der Waals surface area contributed by atoms with E-state index in [4.69, 9.17) is 21.4 Å². The molecule has 0 bridgehead atoms. The Kier molecular flexibility index (Phi) is 12.1. The largest absolute Gasteiger partial charge is 0.382 e. The van der Waals surface area contributed by atoms with Gasteiger partial charge in [0, 0.05) is 109 Å². The first-order chi connectivity index (χ1) is 34.9. The molecule has 4 amide bonds. The van der Waals surface area contributed by atoms with Crippen LogP contribution in [-0.4, -0.2) is 97.3 Å². The quantitative estimate of drug-likeness (QED) is 0.115. The molecule has 0 radical (unpaired) electrons. The van der Waals surface area contributed by atoms with Crippen molar-refractivity contribution in [1.82, 2.24) is 48.5 Å². The van der Waals surface area contributed by atoms with Gasteiger partial charge in [-0.3, -0.25) is 28.0 Å². The molecule has 8 aromatic rings. The van der Waals surface area contributed by atoms with Gasteiger partial charge in [-0.05, 0) is 112 Å². The van der Waals surface area contributed by atoms with Gasteiger partial charge < -0.3 is 31.9 Å². The number of amides is 4. The van der Waals surface area contributed by atoms with Gasteiger partial charge in [0.15, 0.2) is 0 Å². The van der Waals surface area contributed by atoms with Crippen LogP contribution < -0.4 is 22.1 Å². The van der Waals surface area contributed by atoms with Crippen LogP contribution in [0.1, 0.15) is 107 Å². The lowest BCUT2D eigenvalue weighted by Gasteiger charge is -2.34. The Labute approximate surface area is 414 Å². The van der Waals surface area contributed by atoms with Crippen molar-refractivity contribution < 1.29 is 19.2 Å². The number of aryl methyl sites for hydroxylation is 2. The van der Waals surface area contributed by atoms with Crippen LogP contribution in [-0.2, 0) is 9.59 Å². The maximum absolute atomic E-state index is 12.7. The van der Waals surface area contributed by atoms with E-state index in [0.29, 0.717) is 72.4 Å². The summed E-state index contributed by atoms with van der Waals surface area (Å²) in [4.78, 5) is 81.3. The molecule has 0 saturated carbocycles. The van der Waals surface area contributed by atoms with E-state index in [1.54, 1.807) is 49.1 Å². The maximum atomic E-state index is 12.7. The van der Waals surface area contributed by atoms with Gasteiger partial charge in [-0.15, -0.1) is 0 Å². The predicted molar refractivity (Wildman–Crippen MR) is 273 cm³/mol. The molecule has 6 N–H and O–H groups in total. The van der Waals surface area contributed by atoms with Crippen LogP contribution in [0.3, 0.4) is 0 Å². The van der Waals surface area contributed by atoms with E-state index in [-0.39, 0.29) is 35.5 Å². The van der Waals surface area contributed by atoms with E-state index < -0.39 is 0 Å². The highest BCUT2D eigenvalue weighted by Gasteiger charge is 2.40. The summed E-state index contributed by atoms with van der Waals surface area (Å²) in [5.74, 6) is 3.84. The van der Waals surface area contributed by atoms with Crippen LogP contribution in [0.15, 0.2) is 110 Å². The summed E-state index contributed by atoms with van der Waals surface area (Å²) in [7, 11) is 0. The number of imidazole rings is 2. The van der Waals surface area contributed by atoms with E-state index in [2.05, 4.69) is 30.6 Å². The summed E-state index contributed by atoms with van der Waals surface area (Å²) in [6.45, 7) is 5.25. The zero-order valence-electron chi connectivity index (χ0n) is 40.0. The van der Waals surface area contributed by atoms with E-state index in [1.807, 2.05) is 93.4 Å². The number of nitrogens with zero attached hydrogens (tertiary/aromatic N) is 10. The average molecular weight is 963 g/mol. The van der Waals surface area contributed by atoms with E-state index in [0.717, 1.165) is 94.8 Å². The fourth-order valence-corrected chi connectivity index (χ4v) is 10.9.